The van der Waals surface area contributed by atoms with Crippen molar-refractivity contribution in [2.75, 3.05) is 0 Å². The van der Waals surface area contributed by atoms with E-state index in [1.165, 1.54) is 125 Å². The minimum Gasteiger partial charge on any atom is -0.228 e. The summed E-state index contributed by atoms with van der Waals surface area (Å²) in [5, 5.41) is 0. The zero-order valence-corrected chi connectivity index (χ0v) is 64.7. The quantitative estimate of drug-likeness (QED) is 0.136. The van der Waals surface area contributed by atoms with Crippen molar-refractivity contribution < 1.29 is 0 Å². The number of aromatic nitrogens is 4. The molecule has 1 atom stereocenters. The Morgan fingerprint density at radius 3 is 1.17 bits per heavy atom. The molecule has 0 amide bonds. The second-order valence-corrected chi connectivity index (χ2v) is 33.4. The Balaban J connectivity index is 0.660. The molecule has 0 saturated heterocycles. The van der Waals surface area contributed by atoms with Crippen molar-refractivity contribution in [2.45, 2.75) is 49.7 Å². The van der Waals surface area contributed by atoms with Crippen LogP contribution in [0.5, 0.6) is 0 Å². The van der Waals surface area contributed by atoms with E-state index < -0.39 is 10.8 Å². The van der Waals surface area contributed by atoms with Gasteiger partial charge in [-0.05, 0) is 182 Å². The van der Waals surface area contributed by atoms with Crippen molar-refractivity contribution in [1.82, 2.24) is 19.9 Å². The van der Waals surface area contributed by atoms with Gasteiger partial charge in [-0.1, -0.05) is 377 Å². The van der Waals surface area contributed by atoms with Crippen LogP contribution in [0.3, 0.4) is 0 Å². The van der Waals surface area contributed by atoms with Crippen molar-refractivity contribution in [2.24, 2.45) is 0 Å². The molecule has 16 aromatic carbocycles. The van der Waals surface area contributed by atoms with Crippen molar-refractivity contribution in [3.8, 4) is 146 Å². The van der Waals surface area contributed by atoms with E-state index in [4.69, 9.17) is 19.9 Å². The molecular formula is C109H70N4S2. The minimum absolute atomic E-state index is 0.174. The number of nitrogens with zero attached hydrogens (tertiary/aromatic N) is 4. The van der Waals surface area contributed by atoms with Gasteiger partial charge in [-0.3, -0.25) is 0 Å². The zero-order valence-electron chi connectivity index (χ0n) is 63.1. The minimum atomic E-state index is -0.705. The molecule has 18 aromatic rings. The maximum absolute atomic E-state index is 5.65. The summed E-state index contributed by atoms with van der Waals surface area (Å²) < 4.78 is 0. The van der Waals surface area contributed by atoms with Crippen LogP contribution in [0, 0.1) is 0 Å². The average molecular weight is 1500 g/mol. The van der Waals surface area contributed by atoms with Crippen LogP contribution in [0.4, 0.5) is 0 Å². The molecule has 538 valence electrons. The summed E-state index contributed by atoms with van der Waals surface area (Å²) in [6, 6.07) is 144. The van der Waals surface area contributed by atoms with E-state index in [0.717, 1.165) is 84.0 Å². The van der Waals surface area contributed by atoms with Crippen LogP contribution in [0.2, 0.25) is 0 Å². The van der Waals surface area contributed by atoms with E-state index in [1.54, 1.807) is 0 Å². The van der Waals surface area contributed by atoms with Gasteiger partial charge < -0.3 is 0 Å². The lowest BCUT2D eigenvalue weighted by molar-refractivity contribution is 0.660. The van der Waals surface area contributed by atoms with Gasteiger partial charge in [-0.25, -0.2) is 19.9 Å². The van der Waals surface area contributed by atoms with Crippen LogP contribution in [-0.4, -0.2) is 19.9 Å². The van der Waals surface area contributed by atoms with E-state index in [0.29, 0.717) is 11.6 Å². The fourth-order valence-electron chi connectivity index (χ4n) is 19.8. The first kappa shape index (κ1) is 67.1. The first-order valence-corrected chi connectivity index (χ1v) is 41.2. The Kier molecular flexibility index (Phi) is 15.3. The molecule has 4 heterocycles. The molecule has 0 radical (unpaired) electrons. The van der Waals surface area contributed by atoms with Crippen LogP contribution in [-0.2, 0) is 16.2 Å². The Morgan fingerprint density at radius 2 is 0.557 bits per heavy atom. The van der Waals surface area contributed by atoms with Crippen molar-refractivity contribution in [3.05, 3.63) is 444 Å². The van der Waals surface area contributed by atoms with Crippen LogP contribution >= 0.6 is 23.5 Å². The maximum Gasteiger partial charge on any atom is 0.161 e. The molecule has 1 unspecified atom stereocenters. The molecule has 5 aliphatic rings. The molecule has 0 N–H and O–H groups in total. The summed E-state index contributed by atoms with van der Waals surface area (Å²) >= 11 is 3.79. The molecule has 0 bridgehead atoms. The predicted molar refractivity (Wildman–Crippen MR) is 472 cm³/mol. The van der Waals surface area contributed by atoms with E-state index in [9.17, 15) is 0 Å². The van der Waals surface area contributed by atoms with Gasteiger partial charge in [0, 0.05) is 58.4 Å². The highest BCUT2D eigenvalue weighted by Gasteiger charge is 2.54. The third kappa shape index (κ3) is 10.2. The maximum atomic E-state index is 5.65. The third-order valence-electron chi connectivity index (χ3n) is 24.9. The van der Waals surface area contributed by atoms with E-state index in [2.05, 4.69) is 390 Å². The monoisotopic (exact) mass is 1500 g/mol. The fraction of sp³-hybridized carbons (Fsp3) is 0.0459. The highest BCUT2D eigenvalue weighted by Crippen LogP contribution is 2.67. The van der Waals surface area contributed by atoms with Crippen molar-refractivity contribution >= 4 is 23.5 Å². The molecular weight excluding hydrogens is 1430 g/mol. The predicted octanol–water partition coefficient (Wildman–Crippen LogP) is 27.9. The van der Waals surface area contributed by atoms with Gasteiger partial charge in [0.05, 0.1) is 33.6 Å². The Bertz CT molecular complexity index is 6980. The smallest absolute Gasteiger partial charge is 0.161 e. The molecule has 0 saturated carbocycles. The van der Waals surface area contributed by atoms with Gasteiger partial charge in [0.2, 0.25) is 0 Å². The molecule has 4 nitrogen and oxygen atoms in total. The van der Waals surface area contributed by atoms with Crippen LogP contribution in [0.1, 0.15) is 69.5 Å². The molecule has 115 heavy (non-hydrogen) atoms. The lowest BCUT2D eigenvalue weighted by atomic mass is 9.66. The Hall–Kier alpha value is -13.6. The molecule has 6 heteroatoms. The third-order valence-corrected chi connectivity index (χ3v) is 27.3. The topological polar surface area (TPSA) is 51.6 Å². The van der Waals surface area contributed by atoms with E-state index in [-0.39, 0.29) is 5.41 Å². The fourth-order valence-corrected chi connectivity index (χ4v) is 22.4. The van der Waals surface area contributed by atoms with Crippen LogP contribution in [0.15, 0.2) is 408 Å². The average Bonchev–Trinajstić information content (AvgIpc) is 1.54. The number of rotatable bonds is 10. The van der Waals surface area contributed by atoms with Gasteiger partial charge in [0.25, 0.3) is 0 Å². The lowest BCUT2D eigenvalue weighted by Gasteiger charge is -2.41. The Morgan fingerprint density at radius 1 is 0.191 bits per heavy atom. The van der Waals surface area contributed by atoms with E-state index >= 15 is 0 Å². The van der Waals surface area contributed by atoms with E-state index in [1.807, 2.05) is 35.7 Å². The van der Waals surface area contributed by atoms with Gasteiger partial charge in [-0.15, -0.1) is 0 Å². The number of hydrogen-bond donors (Lipinski definition) is 0. The Labute approximate surface area is 677 Å². The van der Waals surface area contributed by atoms with Crippen LogP contribution in [0.25, 0.3) is 146 Å². The molecule has 2 aliphatic heterocycles. The first-order valence-electron chi connectivity index (χ1n) is 39.6. The van der Waals surface area contributed by atoms with Gasteiger partial charge >= 0.3 is 0 Å². The van der Waals surface area contributed by atoms with Gasteiger partial charge in [0.15, 0.2) is 11.6 Å². The summed E-state index contributed by atoms with van der Waals surface area (Å²) in [6.07, 6.45) is 0. The standard InChI is InChI=1S/C109H70N4S2/c1-107(2)86-48-18-14-40-79(86)82-59-57-74(64-94(82)107)99-66-98(69-33-10-5-11-34-69)112-106(113-99)84-43-13-12-39-78(84)83-47-28-55-93-104(83)115-101-60-58-73(63-95(101)108(93)87-49-19-15-41-80(87)81-42-16-20-50-88(81)108)76-45-26-53-91-102(76)85-44-17-21-51-89(85)109(91)90-52-22-23-56-100(90)114-103-77(46-27-54-92(103)109)72-37-24-35-70(61-72)71-36-25-38-75(62-71)105-110-96(67-29-6-3-7-30-67)65-97(111-105)68-31-8-4-9-32-68/h3-66H,1-2H3. The number of fused-ring (bicyclic) bond motifs is 21. The normalized spacial score (nSPS) is 14.8. The van der Waals surface area contributed by atoms with Crippen LogP contribution < -0.4 is 0 Å². The summed E-state index contributed by atoms with van der Waals surface area (Å²) in [7, 11) is 0. The second-order valence-electron chi connectivity index (χ2n) is 31.3. The largest absolute Gasteiger partial charge is 0.228 e. The molecule has 2 spiro atoms. The highest BCUT2D eigenvalue weighted by molar-refractivity contribution is 8.00. The summed E-state index contributed by atoms with van der Waals surface area (Å²) in [5.41, 5.74) is 37.9. The van der Waals surface area contributed by atoms with Crippen molar-refractivity contribution in [3.63, 3.8) is 0 Å². The molecule has 2 aromatic heterocycles. The first-order chi connectivity index (χ1) is 56.7. The SMILES string of the molecule is CC1(C)c2ccccc2-c2ccc(-c3cc(-c4ccccc4)nc(-c4ccccc4-c4cccc5c4Sc4ccc(-c6cccc7c6-c6ccccc6C76c7ccccc7Sc7c(-c8cccc(-c9cccc(-c%10nc(-c%11ccccc%11)cc(-c%11ccccc%11)n%10)c9)c8)cccc76)cc4C54c5ccccc5-c5ccccc54)n3)cc21. The zero-order chi connectivity index (χ0) is 76.1. The number of benzene rings is 16. The van der Waals surface area contributed by atoms with Gasteiger partial charge in [-0.2, -0.15) is 0 Å². The summed E-state index contributed by atoms with van der Waals surface area (Å²) in [4.78, 5) is 26.6. The summed E-state index contributed by atoms with van der Waals surface area (Å²) in [6.45, 7) is 4.70. The van der Waals surface area contributed by atoms with Gasteiger partial charge in [0.1, 0.15) is 0 Å². The summed E-state index contributed by atoms with van der Waals surface area (Å²) in [5.74, 6) is 1.37. The molecule has 23 rings (SSSR count). The number of hydrogen-bond acceptors (Lipinski definition) is 6. The molecule has 3 aliphatic carbocycles. The lowest BCUT2D eigenvalue weighted by Crippen LogP contribution is -2.32. The second kappa shape index (κ2) is 26.2. The van der Waals surface area contributed by atoms with Crippen molar-refractivity contribution in [1.29, 1.82) is 0 Å². The molecule has 0 fully saturated rings. The highest BCUT2D eigenvalue weighted by atomic mass is 32.2.